The van der Waals surface area contributed by atoms with Crippen molar-refractivity contribution in [2.45, 2.75) is 38.0 Å². The van der Waals surface area contributed by atoms with Crippen molar-refractivity contribution in [2.24, 2.45) is 5.92 Å². The molecule has 2 aromatic rings. The van der Waals surface area contributed by atoms with Crippen molar-refractivity contribution in [1.29, 1.82) is 5.26 Å². The maximum Gasteiger partial charge on any atom is 0.243 e. The van der Waals surface area contributed by atoms with E-state index < -0.39 is 10.0 Å². The molecule has 1 aromatic carbocycles. The van der Waals surface area contributed by atoms with Crippen LogP contribution in [0.1, 0.15) is 38.8 Å². The fourth-order valence-electron chi connectivity index (χ4n) is 3.44. The monoisotopic (exact) mass is 432 g/mol. The normalized spacial score (nSPS) is 17.6. The van der Waals surface area contributed by atoms with Gasteiger partial charge in [0, 0.05) is 38.4 Å². The number of piperidine rings is 1. The summed E-state index contributed by atoms with van der Waals surface area (Å²) in [6.07, 6.45) is 2.71. The molecule has 1 aliphatic rings. The summed E-state index contributed by atoms with van der Waals surface area (Å²) in [5, 5.41) is 12.4. The Morgan fingerprint density at radius 3 is 2.80 bits per heavy atom. The van der Waals surface area contributed by atoms with Crippen LogP contribution in [0.3, 0.4) is 0 Å². The average molecular weight is 433 g/mol. The van der Waals surface area contributed by atoms with Gasteiger partial charge >= 0.3 is 0 Å². The summed E-state index contributed by atoms with van der Waals surface area (Å²) in [6.45, 7) is 6.99. The van der Waals surface area contributed by atoms with Crippen LogP contribution in [-0.4, -0.2) is 50.6 Å². The van der Waals surface area contributed by atoms with Gasteiger partial charge in [-0.1, -0.05) is 6.92 Å². The zero-order valence-electron chi connectivity index (χ0n) is 17.4. The average Bonchev–Trinajstić information content (AvgIpc) is 3.17. The highest BCUT2D eigenvalue weighted by Crippen LogP contribution is 2.28. The van der Waals surface area contributed by atoms with Crippen molar-refractivity contribution >= 4 is 15.9 Å². The smallest absolute Gasteiger partial charge is 0.243 e. The SMILES string of the molecule is CCOCCCNc1oc(-c2ccc(S(=O)(=O)N3CCCC(C)C3)cc2)nc1C#N. The molecule has 1 aliphatic heterocycles. The van der Waals surface area contributed by atoms with Crippen molar-refractivity contribution in [3.05, 3.63) is 30.0 Å². The maximum absolute atomic E-state index is 12.9. The molecule has 3 rings (SSSR count). The zero-order chi connectivity index (χ0) is 21.6. The van der Waals surface area contributed by atoms with Gasteiger partial charge in [0.2, 0.25) is 27.5 Å². The minimum Gasteiger partial charge on any atom is -0.419 e. The van der Waals surface area contributed by atoms with E-state index in [1.165, 1.54) is 0 Å². The van der Waals surface area contributed by atoms with Crippen LogP contribution < -0.4 is 5.32 Å². The first kappa shape index (κ1) is 22.3. The van der Waals surface area contributed by atoms with E-state index in [0.717, 1.165) is 19.3 Å². The lowest BCUT2D eigenvalue weighted by Gasteiger charge is -2.30. The van der Waals surface area contributed by atoms with E-state index in [9.17, 15) is 13.7 Å². The number of sulfonamides is 1. The molecule has 0 saturated carbocycles. The Bertz CT molecular complexity index is 979. The second-order valence-electron chi connectivity index (χ2n) is 7.42. The predicted octanol–water partition coefficient (Wildman–Crippen LogP) is 3.47. The second kappa shape index (κ2) is 10.1. The van der Waals surface area contributed by atoms with Crippen LogP contribution in [0.25, 0.3) is 11.5 Å². The van der Waals surface area contributed by atoms with Crippen LogP contribution in [0.4, 0.5) is 5.88 Å². The number of rotatable bonds is 9. The molecule has 1 atom stereocenters. The van der Waals surface area contributed by atoms with Crippen LogP contribution in [0.2, 0.25) is 0 Å². The predicted molar refractivity (Wildman–Crippen MR) is 113 cm³/mol. The van der Waals surface area contributed by atoms with Crippen molar-refractivity contribution in [3.8, 4) is 17.5 Å². The largest absolute Gasteiger partial charge is 0.419 e. The first-order valence-electron chi connectivity index (χ1n) is 10.3. The highest BCUT2D eigenvalue weighted by Gasteiger charge is 2.28. The lowest BCUT2D eigenvalue weighted by atomic mass is 10.0. The highest BCUT2D eigenvalue weighted by molar-refractivity contribution is 7.89. The van der Waals surface area contributed by atoms with Gasteiger partial charge in [0.25, 0.3) is 0 Å². The lowest BCUT2D eigenvalue weighted by molar-refractivity contribution is 0.147. The third kappa shape index (κ3) is 5.19. The Balaban J connectivity index is 1.72. The Hall–Kier alpha value is -2.41. The van der Waals surface area contributed by atoms with E-state index >= 15 is 0 Å². The van der Waals surface area contributed by atoms with Gasteiger partial charge in [-0.25, -0.2) is 8.42 Å². The van der Waals surface area contributed by atoms with Crippen LogP contribution >= 0.6 is 0 Å². The first-order valence-corrected chi connectivity index (χ1v) is 11.7. The third-order valence-electron chi connectivity index (χ3n) is 5.05. The van der Waals surface area contributed by atoms with Gasteiger partial charge in [0.15, 0.2) is 0 Å². The number of oxazole rings is 1. The molecule has 9 heteroatoms. The van der Waals surface area contributed by atoms with E-state index in [2.05, 4.69) is 17.2 Å². The molecule has 1 unspecified atom stereocenters. The number of nitrogens with one attached hydrogen (secondary N) is 1. The molecule has 0 spiro atoms. The molecular weight excluding hydrogens is 404 g/mol. The molecule has 1 aromatic heterocycles. The Morgan fingerprint density at radius 2 is 2.13 bits per heavy atom. The number of aromatic nitrogens is 1. The molecule has 0 amide bonds. The number of hydrogen-bond acceptors (Lipinski definition) is 7. The summed E-state index contributed by atoms with van der Waals surface area (Å²) < 4.78 is 38.4. The van der Waals surface area contributed by atoms with E-state index in [-0.39, 0.29) is 16.5 Å². The number of benzene rings is 1. The van der Waals surface area contributed by atoms with Crippen molar-refractivity contribution in [1.82, 2.24) is 9.29 Å². The molecule has 0 bridgehead atoms. The topological polar surface area (TPSA) is 108 Å². The van der Waals surface area contributed by atoms with Gasteiger partial charge < -0.3 is 14.5 Å². The number of nitrogens with zero attached hydrogens (tertiary/aromatic N) is 3. The molecule has 162 valence electrons. The first-order chi connectivity index (χ1) is 14.5. The molecule has 1 N–H and O–H groups in total. The minimum absolute atomic E-state index is 0.167. The number of anilines is 1. The quantitative estimate of drug-likeness (QED) is 0.604. The molecule has 8 nitrogen and oxygen atoms in total. The zero-order valence-corrected chi connectivity index (χ0v) is 18.2. The van der Waals surface area contributed by atoms with Crippen LogP contribution in [0.5, 0.6) is 0 Å². The molecule has 1 fully saturated rings. The Labute approximate surface area is 177 Å². The van der Waals surface area contributed by atoms with Gasteiger partial charge in [0.1, 0.15) is 6.07 Å². The number of hydrogen-bond donors (Lipinski definition) is 1. The van der Waals surface area contributed by atoms with Crippen LogP contribution in [0, 0.1) is 17.2 Å². The summed E-state index contributed by atoms with van der Waals surface area (Å²) in [4.78, 5) is 4.48. The van der Waals surface area contributed by atoms with Gasteiger partial charge in [-0.2, -0.15) is 14.6 Å². The summed E-state index contributed by atoms with van der Waals surface area (Å²) in [7, 11) is -3.52. The number of ether oxygens (including phenoxy) is 1. The molecule has 0 radical (unpaired) electrons. The van der Waals surface area contributed by atoms with E-state index in [1.54, 1.807) is 28.6 Å². The van der Waals surface area contributed by atoms with Gasteiger partial charge in [-0.05, 0) is 56.4 Å². The van der Waals surface area contributed by atoms with Crippen molar-refractivity contribution in [2.75, 3.05) is 38.2 Å². The molecule has 2 heterocycles. The van der Waals surface area contributed by atoms with E-state index in [4.69, 9.17) is 9.15 Å². The number of nitriles is 1. The van der Waals surface area contributed by atoms with E-state index in [0.29, 0.717) is 50.2 Å². The van der Waals surface area contributed by atoms with Gasteiger partial charge in [0.05, 0.1) is 4.90 Å². The van der Waals surface area contributed by atoms with Gasteiger partial charge in [-0.15, -0.1) is 0 Å². The fourth-order valence-corrected chi connectivity index (χ4v) is 5.04. The van der Waals surface area contributed by atoms with Crippen LogP contribution in [0.15, 0.2) is 33.6 Å². The summed E-state index contributed by atoms with van der Waals surface area (Å²) >= 11 is 0. The van der Waals surface area contributed by atoms with Crippen molar-refractivity contribution in [3.63, 3.8) is 0 Å². The minimum atomic E-state index is -3.52. The lowest BCUT2D eigenvalue weighted by Crippen LogP contribution is -2.39. The van der Waals surface area contributed by atoms with E-state index in [1.807, 2.05) is 13.0 Å². The van der Waals surface area contributed by atoms with Gasteiger partial charge in [-0.3, -0.25) is 0 Å². The molecule has 0 aliphatic carbocycles. The third-order valence-corrected chi connectivity index (χ3v) is 6.93. The van der Waals surface area contributed by atoms with Crippen LogP contribution in [-0.2, 0) is 14.8 Å². The Morgan fingerprint density at radius 1 is 1.37 bits per heavy atom. The second-order valence-corrected chi connectivity index (χ2v) is 9.36. The maximum atomic E-state index is 12.9. The molecular formula is C21H28N4O4S. The standard InChI is InChI=1S/C21H28N4O4S/c1-3-28-13-5-11-23-21-19(14-22)24-20(29-21)17-7-9-18(10-8-17)30(26,27)25-12-4-6-16(2)15-25/h7-10,16,23H,3-6,11-13,15H2,1-2H3. The molecule has 30 heavy (non-hydrogen) atoms. The summed E-state index contributed by atoms with van der Waals surface area (Å²) in [6, 6.07) is 8.47. The summed E-state index contributed by atoms with van der Waals surface area (Å²) in [5.41, 5.74) is 0.778. The van der Waals surface area contributed by atoms with Crippen molar-refractivity contribution < 1.29 is 17.6 Å². The highest BCUT2D eigenvalue weighted by atomic mass is 32.2. The molecule has 1 saturated heterocycles. The fraction of sp³-hybridized carbons (Fsp3) is 0.524. The summed E-state index contributed by atoms with van der Waals surface area (Å²) in [5.74, 6) is 0.946. The Kier molecular flexibility index (Phi) is 7.48.